The Bertz CT molecular complexity index is 161. The van der Waals surface area contributed by atoms with E-state index >= 15 is 0 Å². The number of hydrogen-bond acceptors (Lipinski definition) is 2. The molecule has 13 heavy (non-hydrogen) atoms. The van der Waals surface area contributed by atoms with E-state index in [2.05, 4.69) is 18.9 Å². The molecule has 0 aromatic carbocycles. The van der Waals surface area contributed by atoms with E-state index in [0.29, 0.717) is 11.5 Å². The van der Waals surface area contributed by atoms with Gasteiger partial charge in [-0.2, -0.15) is 0 Å². The van der Waals surface area contributed by atoms with Crippen molar-refractivity contribution in [2.45, 2.75) is 38.1 Å². The van der Waals surface area contributed by atoms with E-state index in [9.17, 15) is 0 Å². The first kappa shape index (κ1) is 9.47. The lowest BCUT2D eigenvalue weighted by Crippen LogP contribution is -2.57. The standard InChI is InChI=1S/C11H21NO/c1-10-9-13-8-6-11(10)5-3-4-7-12(11)2/h10H,3-9H2,1-2H3. The third-order valence-electron chi connectivity index (χ3n) is 4.08. The van der Waals surface area contributed by atoms with Crippen LogP contribution >= 0.6 is 0 Å². The van der Waals surface area contributed by atoms with Gasteiger partial charge in [-0.1, -0.05) is 13.3 Å². The number of rotatable bonds is 0. The number of likely N-dealkylation sites (tertiary alicyclic amines) is 1. The van der Waals surface area contributed by atoms with E-state index in [1.165, 1.54) is 32.2 Å². The number of ether oxygens (including phenoxy) is 1. The summed E-state index contributed by atoms with van der Waals surface area (Å²) < 4.78 is 5.53. The van der Waals surface area contributed by atoms with Crippen LogP contribution in [0.3, 0.4) is 0 Å². The van der Waals surface area contributed by atoms with Crippen molar-refractivity contribution in [2.75, 3.05) is 26.8 Å². The van der Waals surface area contributed by atoms with Crippen LogP contribution in [0.25, 0.3) is 0 Å². The van der Waals surface area contributed by atoms with Crippen molar-refractivity contribution in [3.05, 3.63) is 0 Å². The first-order valence-electron chi connectivity index (χ1n) is 5.55. The van der Waals surface area contributed by atoms with Gasteiger partial charge in [-0.15, -0.1) is 0 Å². The molecular formula is C11H21NO. The summed E-state index contributed by atoms with van der Waals surface area (Å²) in [7, 11) is 2.29. The molecule has 2 aliphatic rings. The van der Waals surface area contributed by atoms with Gasteiger partial charge in [0.1, 0.15) is 0 Å². The second-order valence-corrected chi connectivity index (χ2v) is 4.71. The monoisotopic (exact) mass is 183 g/mol. The Morgan fingerprint density at radius 1 is 1.31 bits per heavy atom. The minimum atomic E-state index is 0.483. The van der Waals surface area contributed by atoms with Crippen LogP contribution in [0.1, 0.15) is 32.6 Å². The highest BCUT2D eigenvalue weighted by Gasteiger charge is 2.42. The first-order chi connectivity index (χ1) is 6.26. The molecular weight excluding hydrogens is 162 g/mol. The van der Waals surface area contributed by atoms with E-state index < -0.39 is 0 Å². The fraction of sp³-hybridized carbons (Fsp3) is 1.00. The number of hydrogen-bond donors (Lipinski definition) is 0. The smallest absolute Gasteiger partial charge is 0.0509 e. The molecule has 0 aliphatic carbocycles. The topological polar surface area (TPSA) is 12.5 Å². The van der Waals surface area contributed by atoms with Crippen LogP contribution in [0.5, 0.6) is 0 Å². The molecule has 0 aromatic rings. The van der Waals surface area contributed by atoms with Crippen LogP contribution in [0.4, 0.5) is 0 Å². The van der Waals surface area contributed by atoms with Crippen molar-refractivity contribution in [3.63, 3.8) is 0 Å². The molecule has 0 aromatic heterocycles. The van der Waals surface area contributed by atoms with Crippen molar-refractivity contribution in [3.8, 4) is 0 Å². The van der Waals surface area contributed by atoms with Gasteiger partial charge < -0.3 is 9.64 Å². The summed E-state index contributed by atoms with van der Waals surface area (Å²) in [5.41, 5.74) is 0.483. The number of piperidine rings is 1. The molecule has 76 valence electrons. The van der Waals surface area contributed by atoms with Gasteiger partial charge in [-0.25, -0.2) is 0 Å². The maximum atomic E-state index is 5.53. The molecule has 2 nitrogen and oxygen atoms in total. The molecule has 2 saturated heterocycles. The Balaban J connectivity index is 2.13. The van der Waals surface area contributed by atoms with E-state index in [1.807, 2.05) is 0 Å². The van der Waals surface area contributed by atoms with E-state index in [1.54, 1.807) is 0 Å². The van der Waals surface area contributed by atoms with Crippen LogP contribution in [-0.2, 0) is 4.74 Å². The Morgan fingerprint density at radius 2 is 2.15 bits per heavy atom. The zero-order chi connectivity index (χ0) is 9.31. The Hall–Kier alpha value is -0.0800. The van der Waals surface area contributed by atoms with Gasteiger partial charge in [-0.3, -0.25) is 0 Å². The highest BCUT2D eigenvalue weighted by molar-refractivity contribution is 4.97. The summed E-state index contributed by atoms with van der Waals surface area (Å²) >= 11 is 0. The van der Waals surface area contributed by atoms with Crippen LogP contribution < -0.4 is 0 Å². The minimum Gasteiger partial charge on any atom is -0.381 e. The van der Waals surface area contributed by atoms with Crippen molar-refractivity contribution in [2.24, 2.45) is 5.92 Å². The zero-order valence-electron chi connectivity index (χ0n) is 8.88. The fourth-order valence-electron chi connectivity index (χ4n) is 3.04. The minimum absolute atomic E-state index is 0.483. The third-order valence-corrected chi connectivity index (χ3v) is 4.08. The van der Waals surface area contributed by atoms with Crippen molar-refractivity contribution < 1.29 is 4.74 Å². The molecule has 0 saturated carbocycles. The molecule has 2 fully saturated rings. The molecule has 2 unspecified atom stereocenters. The molecule has 2 heterocycles. The molecule has 0 amide bonds. The van der Waals surface area contributed by atoms with Gasteiger partial charge in [0.25, 0.3) is 0 Å². The van der Waals surface area contributed by atoms with Gasteiger partial charge >= 0.3 is 0 Å². The van der Waals surface area contributed by atoms with Crippen molar-refractivity contribution in [1.82, 2.24) is 4.90 Å². The zero-order valence-corrected chi connectivity index (χ0v) is 8.88. The third kappa shape index (κ3) is 1.50. The maximum Gasteiger partial charge on any atom is 0.0509 e. The van der Waals surface area contributed by atoms with Gasteiger partial charge in [0.05, 0.1) is 6.61 Å². The normalized spacial score (nSPS) is 42.5. The predicted octanol–water partition coefficient (Wildman–Crippen LogP) is 1.90. The van der Waals surface area contributed by atoms with Gasteiger partial charge in [0, 0.05) is 12.1 Å². The molecule has 0 bridgehead atoms. The van der Waals surface area contributed by atoms with Crippen LogP contribution in [0.15, 0.2) is 0 Å². The van der Waals surface area contributed by atoms with E-state index in [0.717, 1.165) is 13.2 Å². The SMILES string of the molecule is CC1COCCC12CCCCN2C. The average Bonchev–Trinajstić information content (AvgIpc) is 2.15. The largest absolute Gasteiger partial charge is 0.381 e. The summed E-state index contributed by atoms with van der Waals surface area (Å²) in [6.07, 6.45) is 5.42. The molecule has 0 N–H and O–H groups in total. The molecule has 0 radical (unpaired) electrons. The fourth-order valence-corrected chi connectivity index (χ4v) is 3.04. The highest BCUT2D eigenvalue weighted by Crippen LogP contribution is 2.39. The molecule has 2 atom stereocenters. The van der Waals surface area contributed by atoms with Crippen LogP contribution in [0, 0.1) is 5.92 Å². The summed E-state index contributed by atoms with van der Waals surface area (Å²) in [5.74, 6) is 0.714. The number of nitrogens with zero attached hydrogens (tertiary/aromatic N) is 1. The lowest BCUT2D eigenvalue weighted by atomic mass is 9.74. The summed E-state index contributed by atoms with van der Waals surface area (Å²) in [6, 6.07) is 0. The van der Waals surface area contributed by atoms with Gasteiger partial charge in [-0.05, 0) is 38.8 Å². The second kappa shape index (κ2) is 3.58. The van der Waals surface area contributed by atoms with E-state index in [-0.39, 0.29) is 0 Å². The predicted molar refractivity (Wildman–Crippen MR) is 53.8 cm³/mol. The molecule has 1 spiro atoms. The maximum absolute atomic E-state index is 5.53. The highest BCUT2D eigenvalue weighted by atomic mass is 16.5. The van der Waals surface area contributed by atoms with Gasteiger partial charge in [0.2, 0.25) is 0 Å². The second-order valence-electron chi connectivity index (χ2n) is 4.71. The Labute approximate surface area is 81.3 Å². The van der Waals surface area contributed by atoms with Crippen LogP contribution in [-0.4, -0.2) is 37.2 Å². The first-order valence-corrected chi connectivity index (χ1v) is 5.55. The molecule has 2 rings (SSSR count). The summed E-state index contributed by atoms with van der Waals surface area (Å²) in [6.45, 7) is 5.56. The van der Waals surface area contributed by atoms with E-state index in [4.69, 9.17) is 4.74 Å². The lowest BCUT2D eigenvalue weighted by molar-refractivity contribution is -0.0779. The van der Waals surface area contributed by atoms with Crippen molar-refractivity contribution >= 4 is 0 Å². The molecule has 2 heteroatoms. The van der Waals surface area contributed by atoms with Crippen LogP contribution in [0.2, 0.25) is 0 Å². The summed E-state index contributed by atoms with van der Waals surface area (Å²) in [5, 5.41) is 0. The lowest BCUT2D eigenvalue weighted by Gasteiger charge is -2.51. The van der Waals surface area contributed by atoms with Gasteiger partial charge in [0.15, 0.2) is 0 Å². The molecule has 2 aliphatic heterocycles. The average molecular weight is 183 g/mol. The Kier molecular flexibility index (Phi) is 2.61. The summed E-state index contributed by atoms with van der Waals surface area (Å²) in [4.78, 5) is 2.59. The Morgan fingerprint density at radius 3 is 2.85 bits per heavy atom. The van der Waals surface area contributed by atoms with Crippen molar-refractivity contribution in [1.29, 1.82) is 0 Å². The quantitative estimate of drug-likeness (QED) is 0.568.